The maximum atomic E-state index is 14.4. The highest BCUT2D eigenvalue weighted by atomic mass is 16.6. The van der Waals surface area contributed by atoms with Gasteiger partial charge in [-0.2, -0.15) is 0 Å². The van der Waals surface area contributed by atoms with Crippen LogP contribution in [0.25, 0.3) is 0 Å². The molecule has 4 fully saturated rings. The minimum absolute atomic E-state index is 0.00818. The summed E-state index contributed by atoms with van der Waals surface area (Å²) in [5.74, 6) is -8.05. The van der Waals surface area contributed by atoms with Crippen molar-refractivity contribution in [1.29, 1.82) is 0 Å². The van der Waals surface area contributed by atoms with Crippen molar-refractivity contribution in [3.8, 4) is 0 Å². The number of hydrogen-bond donors (Lipinski definition) is 3. The highest BCUT2D eigenvalue weighted by Crippen LogP contribution is 2.38. The van der Waals surface area contributed by atoms with Gasteiger partial charge in [-0.3, -0.25) is 19.2 Å². The van der Waals surface area contributed by atoms with Crippen molar-refractivity contribution in [2.24, 2.45) is 35.5 Å². The standard InChI is InChI=1S/C53H81NO14/c1-31-15-11-10-12-16-32(2)44(66-40-29-65-30-40)27-39-20-18-37(7)53(62,68-39)50(59)51(60)54-22-14-13-17-41(54)52(61)67-45(34(4)25-38-19-21-42(55)46(26-38)63-8)28-43(56)33(3)24-36(6)48(58)49(64-9)47(57)35(5)23-31/h10-12,15-16,24,31,33-35,37-42,44-46,48-49,55,58,62H,13-14,17-23,25-30H2,1-9H3/b12-10+,15-11+,32-16+,36-24+/t31-,33-,34-,35-,37-,38+,39+,41?,42-,44?,45+,46-,48-,49+,53-/m1/s1. The van der Waals surface area contributed by atoms with Crippen LogP contribution in [0.2, 0.25) is 0 Å². The first kappa shape index (κ1) is 55.5. The summed E-state index contributed by atoms with van der Waals surface area (Å²) < 4.78 is 35.5. The van der Waals surface area contributed by atoms with Crippen molar-refractivity contribution in [1.82, 2.24) is 4.90 Å². The molecule has 0 aromatic carbocycles. The molecule has 15 nitrogen and oxygen atoms in total. The molecule has 68 heavy (non-hydrogen) atoms. The second-order valence-electron chi connectivity index (χ2n) is 20.7. The number of methoxy groups -OCH3 is 2. The number of allylic oxidation sites excluding steroid dienone is 6. The summed E-state index contributed by atoms with van der Waals surface area (Å²) in [4.78, 5) is 72.2. The maximum Gasteiger partial charge on any atom is 0.329 e. The number of carbonyl (C=O) groups is 5. The molecule has 382 valence electrons. The number of piperidine rings is 1. The van der Waals surface area contributed by atoms with Crippen molar-refractivity contribution in [3.05, 3.63) is 47.6 Å². The SMILES string of the molecule is CO[C@@H]1C[C@H](C[C@@H](C)[C@@H]2CC(=O)[C@H](C)/C=C(\C)[C@@H](O)[C@@H](OC)C(=O)[C@H](C)C[C@H](C)/C=C/C=C/C=C(\C)C(OC3COC3)C[C@@H]3CC[C@@H](C)[C@@](O)(O3)C(=O)C(=O)N3CCCCC3C(=O)O2)CC[C@H]1O. The molecule has 1 saturated carbocycles. The van der Waals surface area contributed by atoms with Crippen LogP contribution in [-0.4, -0.2) is 144 Å². The van der Waals surface area contributed by atoms with Gasteiger partial charge in [0, 0.05) is 51.4 Å². The van der Waals surface area contributed by atoms with Crippen LogP contribution >= 0.6 is 0 Å². The number of aliphatic hydroxyl groups excluding tert-OH is 2. The molecular weight excluding hydrogens is 875 g/mol. The molecule has 0 spiro atoms. The van der Waals surface area contributed by atoms with E-state index < -0.39 is 83.9 Å². The molecule has 0 aromatic rings. The van der Waals surface area contributed by atoms with E-state index in [-0.39, 0.29) is 60.9 Å². The highest BCUT2D eigenvalue weighted by molar-refractivity contribution is 6.39. The lowest BCUT2D eigenvalue weighted by atomic mass is 9.78. The van der Waals surface area contributed by atoms with Gasteiger partial charge in [0.2, 0.25) is 5.79 Å². The molecule has 3 saturated heterocycles. The van der Waals surface area contributed by atoms with Gasteiger partial charge in [0.25, 0.3) is 11.7 Å². The third-order valence-corrected chi connectivity index (χ3v) is 15.2. The fourth-order valence-corrected chi connectivity index (χ4v) is 10.5. The topological polar surface area (TPSA) is 205 Å². The van der Waals surface area contributed by atoms with Crippen LogP contribution in [0.5, 0.6) is 0 Å². The molecule has 1 amide bonds. The predicted molar refractivity (Wildman–Crippen MR) is 254 cm³/mol. The lowest BCUT2D eigenvalue weighted by Gasteiger charge is -2.43. The van der Waals surface area contributed by atoms with Gasteiger partial charge >= 0.3 is 5.97 Å². The molecule has 4 heterocycles. The molecule has 3 N–H and O–H groups in total. The van der Waals surface area contributed by atoms with Gasteiger partial charge < -0.3 is 48.6 Å². The second kappa shape index (κ2) is 25.6. The molecular formula is C53H81NO14. The lowest BCUT2D eigenvalue weighted by Crippen LogP contribution is -2.61. The van der Waals surface area contributed by atoms with Crippen molar-refractivity contribution < 1.29 is 67.7 Å². The van der Waals surface area contributed by atoms with E-state index in [9.17, 15) is 39.3 Å². The van der Waals surface area contributed by atoms with Gasteiger partial charge in [-0.05, 0) is 107 Å². The average molecular weight is 956 g/mol. The Labute approximate surface area is 404 Å². The Balaban J connectivity index is 1.47. The summed E-state index contributed by atoms with van der Waals surface area (Å²) in [5.41, 5.74) is 1.27. The van der Waals surface area contributed by atoms with Gasteiger partial charge in [0.15, 0.2) is 5.78 Å². The van der Waals surface area contributed by atoms with Gasteiger partial charge in [0.1, 0.15) is 36.2 Å². The van der Waals surface area contributed by atoms with Gasteiger partial charge in [0.05, 0.1) is 37.6 Å². The molecule has 0 radical (unpaired) electrons. The van der Waals surface area contributed by atoms with Crippen molar-refractivity contribution in [2.75, 3.05) is 34.0 Å². The number of cyclic esters (lactones) is 1. The van der Waals surface area contributed by atoms with Crippen LogP contribution in [0.3, 0.4) is 0 Å². The van der Waals surface area contributed by atoms with Crippen LogP contribution in [0.4, 0.5) is 0 Å². The zero-order valence-corrected chi connectivity index (χ0v) is 42.0. The minimum atomic E-state index is -2.45. The zero-order chi connectivity index (χ0) is 49.9. The normalized spacial score (nSPS) is 40.4. The number of carbonyl (C=O) groups excluding carboxylic acids is 5. The zero-order valence-electron chi connectivity index (χ0n) is 42.0. The maximum absolute atomic E-state index is 14.4. The first-order chi connectivity index (χ1) is 32.3. The Morgan fingerprint density at radius 1 is 0.868 bits per heavy atom. The molecule has 4 aliphatic heterocycles. The minimum Gasteiger partial charge on any atom is -0.460 e. The van der Waals surface area contributed by atoms with E-state index in [2.05, 4.69) is 0 Å². The summed E-state index contributed by atoms with van der Waals surface area (Å²) in [6, 6.07) is -1.15. The van der Waals surface area contributed by atoms with Crippen LogP contribution < -0.4 is 0 Å². The molecule has 2 bridgehead atoms. The predicted octanol–water partition coefficient (Wildman–Crippen LogP) is 5.95. The fraction of sp³-hybridized carbons (Fsp3) is 0.755. The quantitative estimate of drug-likeness (QED) is 0.153. The number of nitrogens with zero attached hydrogens (tertiary/aromatic N) is 1. The van der Waals surface area contributed by atoms with E-state index in [1.54, 1.807) is 34.0 Å². The Hall–Kier alpha value is -3.41. The third kappa shape index (κ3) is 14.4. The van der Waals surface area contributed by atoms with Gasteiger partial charge in [-0.1, -0.05) is 71.1 Å². The van der Waals surface area contributed by atoms with Crippen molar-refractivity contribution in [2.45, 2.75) is 186 Å². The number of ketones is 3. The summed E-state index contributed by atoms with van der Waals surface area (Å²) >= 11 is 0. The van der Waals surface area contributed by atoms with Crippen molar-refractivity contribution >= 4 is 29.2 Å². The smallest absolute Gasteiger partial charge is 0.329 e. The molecule has 5 rings (SSSR count). The molecule has 0 aromatic heterocycles. The van der Waals surface area contributed by atoms with Crippen LogP contribution in [-0.2, 0) is 52.4 Å². The summed E-state index contributed by atoms with van der Waals surface area (Å²) in [5, 5.41) is 34.1. The summed E-state index contributed by atoms with van der Waals surface area (Å²) in [6.07, 6.45) is 11.0. The van der Waals surface area contributed by atoms with E-state index in [0.717, 1.165) is 12.0 Å². The highest BCUT2D eigenvalue weighted by Gasteiger charge is 2.53. The van der Waals surface area contributed by atoms with Crippen LogP contribution in [0, 0.1) is 35.5 Å². The number of fused-ring (bicyclic) bond motifs is 3. The Kier molecular flexibility index (Phi) is 20.9. The molecule has 5 aliphatic rings. The first-order valence-corrected chi connectivity index (χ1v) is 25.1. The van der Waals surface area contributed by atoms with E-state index in [1.807, 2.05) is 58.1 Å². The van der Waals surface area contributed by atoms with Gasteiger partial charge in [-0.25, -0.2) is 4.79 Å². The Morgan fingerprint density at radius 2 is 1.60 bits per heavy atom. The number of aliphatic hydroxyl groups is 3. The van der Waals surface area contributed by atoms with E-state index in [0.29, 0.717) is 76.6 Å². The number of esters is 1. The fourth-order valence-electron chi connectivity index (χ4n) is 10.5. The number of hydrogen-bond acceptors (Lipinski definition) is 14. The molecule has 1 aliphatic carbocycles. The van der Waals surface area contributed by atoms with E-state index in [4.69, 9.17) is 28.4 Å². The lowest BCUT2D eigenvalue weighted by molar-refractivity contribution is -0.267. The average Bonchev–Trinajstić information content (AvgIpc) is 3.30. The van der Waals surface area contributed by atoms with E-state index >= 15 is 0 Å². The Bertz CT molecular complexity index is 1860. The number of Topliss-reactive ketones (excluding diaryl/α,β-unsaturated/α-hetero) is 3. The van der Waals surface area contributed by atoms with E-state index in [1.165, 1.54) is 12.0 Å². The molecule has 2 unspecified atom stereocenters. The summed E-state index contributed by atoms with van der Waals surface area (Å²) in [7, 11) is 2.95. The van der Waals surface area contributed by atoms with Crippen LogP contribution in [0.15, 0.2) is 47.6 Å². The second-order valence-corrected chi connectivity index (χ2v) is 20.7. The Morgan fingerprint density at radius 3 is 2.28 bits per heavy atom. The molecule has 15 heteroatoms. The third-order valence-electron chi connectivity index (χ3n) is 15.2. The first-order valence-electron chi connectivity index (χ1n) is 25.1. The number of amides is 1. The number of rotatable bonds is 7. The van der Waals surface area contributed by atoms with Crippen molar-refractivity contribution in [3.63, 3.8) is 0 Å². The van der Waals surface area contributed by atoms with Crippen LogP contribution in [0.1, 0.15) is 126 Å². The summed E-state index contributed by atoms with van der Waals surface area (Å²) in [6.45, 7) is 13.7. The monoisotopic (exact) mass is 956 g/mol. The van der Waals surface area contributed by atoms with Gasteiger partial charge in [-0.15, -0.1) is 0 Å². The largest absolute Gasteiger partial charge is 0.460 e. The number of ether oxygens (including phenoxy) is 6. The molecule has 15 atom stereocenters.